The van der Waals surface area contributed by atoms with E-state index in [-0.39, 0.29) is 24.4 Å². The molecule has 6 heteroatoms. The number of fused-ring (bicyclic) bond motifs is 1. The maximum absolute atomic E-state index is 13.5. The summed E-state index contributed by atoms with van der Waals surface area (Å²) < 4.78 is 5.18. The molecular formula is C24H32N2O3S. The number of rotatable bonds is 9. The highest BCUT2D eigenvalue weighted by molar-refractivity contribution is 7.10. The predicted molar refractivity (Wildman–Crippen MR) is 121 cm³/mol. The fourth-order valence-corrected chi connectivity index (χ4v) is 4.95. The molecule has 2 heterocycles. The first-order valence-corrected chi connectivity index (χ1v) is 11.6. The number of unbranched alkanes of at least 4 members (excludes halogenated alkanes) is 1. The van der Waals surface area contributed by atoms with Crippen LogP contribution in [-0.2, 0) is 20.7 Å². The van der Waals surface area contributed by atoms with Crippen LogP contribution in [0, 0.1) is 6.92 Å². The van der Waals surface area contributed by atoms with Gasteiger partial charge in [-0.15, -0.1) is 11.3 Å². The highest BCUT2D eigenvalue weighted by atomic mass is 32.1. The lowest BCUT2D eigenvalue weighted by atomic mass is 9.90. The van der Waals surface area contributed by atoms with E-state index in [4.69, 9.17) is 4.74 Å². The standard InChI is InChI=1S/C24H32N2O3S/c1-4-5-10-22(27)25(14-15-29-3)17-23(28)26-13-11-21-20(12-16-30-21)24(26)19-9-7-6-8-18(19)2/h6-9,12,16,24H,4-5,10-11,13-15,17H2,1-3H3/t24-/m1/s1. The second-order valence-electron chi connectivity index (χ2n) is 7.81. The van der Waals surface area contributed by atoms with Gasteiger partial charge in [-0.3, -0.25) is 9.59 Å². The van der Waals surface area contributed by atoms with E-state index in [1.165, 1.54) is 16.0 Å². The molecule has 1 aromatic carbocycles. The van der Waals surface area contributed by atoms with Crippen LogP contribution in [0.4, 0.5) is 0 Å². The molecule has 0 aliphatic carbocycles. The van der Waals surface area contributed by atoms with E-state index in [9.17, 15) is 9.59 Å². The zero-order valence-electron chi connectivity index (χ0n) is 18.2. The van der Waals surface area contributed by atoms with Crippen molar-refractivity contribution in [3.8, 4) is 0 Å². The van der Waals surface area contributed by atoms with Crippen LogP contribution in [0.2, 0.25) is 0 Å². The van der Waals surface area contributed by atoms with Crippen molar-refractivity contribution >= 4 is 23.2 Å². The van der Waals surface area contributed by atoms with Gasteiger partial charge in [-0.1, -0.05) is 37.6 Å². The fourth-order valence-electron chi connectivity index (χ4n) is 4.05. The normalized spacial score (nSPS) is 15.7. The number of aryl methyl sites for hydroxylation is 1. The Bertz CT molecular complexity index is 864. The van der Waals surface area contributed by atoms with Gasteiger partial charge in [-0.2, -0.15) is 0 Å². The number of methoxy groups -OCH3 is 1. The maximum Gasteiger partial charge on any atom is 0.242 e. The summed E-state index contributed by atoms with van der Waals surface area (Å²) in [4.78, 5) is 31.1. The first-order chi connectivity index (χ1) is 14.6. The summed E-state index contributed by atoms with van der Waals surface area (Å²) in [6, 6.07) is 10.3. The van der Waals surface area contributed by atoms with Crippen molar-refractivity contribution in [2.75, 3.05) is 33.4 Å². The first kappa shape index (κ1) is 22.5. The van der Waals surface area contributed by atoms with Gasteiger partial charge in [0.2, 0.25) is 11.8 Å². The monoisotopic (exact) mass is 428 g/mol. The molecule has 2 aromatic rings. The van der Waals surface area contributed by atoms with E-state index < -0.39 is 0 Å². The maximum atomic E-state index is 13.5. The van der Waals surface area contributed by atoms with Crippen molar-refractivity contribution in [3.63, 3.8) is 0 Å². The number of hydrogen-bond acceptors (Lipinski definition) is 4. The molecule has 0 saturated heterocycles. The van der Waals surface area contributed by atoms with Crippen LogP contribution in [-0.4, -0.2) is 55.0 Å². The summed E-state index contributed by atoms with van der Waals surface area (Å²) in [5.74, 6) is 0.0315. The van der Waals surface area contributed by atoms with Crippen LogP contribution in [0.1, 0.15) is 53.8 Å². The van der Waals surface area contributed by atoms with Gasteiger partial charge in [0.15, 0.2) is 0 Å². The number of thiophene rings is 1. The van der Waals surface area contributed by atoms with Crippen LogP contribution >= 0.6 is 11.3 Å². The summed E-state index contributed by atoms with van der Waals surface area (Å²) in [6.07, 6.45) is 3.14. The van der Waals surface area contributed by atoms with E-state index in [0.717, 1.165) is 24.8 Å². The Labute approximate surface area is 183 Å². The first-order valence-electron chi connectivity index (χ1n) is 10.7. The minimum atomic E-state index is -0.0938. The van der Waals surface area contributed by atoms with E-state index >= 15 is 0 Å². The Hall–Kier alpha value is -2.18. The molecule has 30 heavy (non-hydrogen) atoms. The van der Waals surface area contributed by atoms with Crippen molar-refractivity contribution in [3.05, 3.63) is 57.3 Å². The lowest BCUT2D eigenvalue weighted by Gasteiger charge is -2.38. The molecule has 1 aliphatic rings. The molecule has 0 spiro atoms. The molecule has 0 unspecified atom stereocenters. The van der Waals surface area contributed by atoms with Gasteiger partial charge >= 0.3 is 0 Å². The largest absolute Gasteiger partial charge is 0.383 e. The third kappa shape index (κ3) is 5.10. The van der Waals surface area contributed by atoms with Gasteiger partial charge in [-0.05, 0) is 47.9 Å². The van der Waals surface area contributed by atoms with Gasteiger partial charge in [-0.25, -0.2) is 0 Å². The van der Waals surface area contributed by atoms with Crippen LogP contribution in [0.25, 0.3) is 0 Å². The fraction of sp³-hybridized carbons (Fsp3) is 0.500. The van der Waals surface area contributed by atoms with Crippen LogP contribution in [0.5, 0.6) is 0 Å². The lowest BCUT2D eigenvalue weighted by molar-refractivity contribution is -0.142. The number of carbonyl (C=O) groups excluding carboxylic acids is 2. The van der Waals surface area contributed by atoms with Crippen LogP contribution in [0.15, 0.2) is 35.7 Å². The number of ether oxygens (including phenoxy) is 1. The van der Waals surface area contributed by atoms with E-state index in [1.54, 1.807) is 23.3 Å². The minimum absolute atomic E-state index is 0.000976. The van der Waals surface area contributed by atoms with Crippen molar-refractivity contribution in [1.29, 1.82) is 0 Å². The Kier molecular flexibility index (Phi) is 8.05. The number of hydrogen-bond donors (Lipinski definition) is 0. The van der Waals surface area contributed by atoms with Crippen LogP contribution < -0.4 is 0 Å². The molecule has 1 atom stereocenters. The van der Waals surface area contributed by atoms with Gasteiger partial charge in [0.25, 0.3) is 0 Å². The summed E-state index contributed by atoms with van der Waals surface area (Å²) in [6.45, 7) is 5.81. The highest BCUT2D eigenvalue weighted by Gasteiger charge is 2.34. The quantitative estimate of drug-likeness (QED) is 0.602. The molecule has 0 bridgehead atoms. The Morgan fingerprint density at radius 3 is 2.77 bits per heavy atom. The molecule has 0 saturated carbocycles. The van der Waals surface area contributed by atoms with Crippen molar-refractivity contribution in [1.82, 2.24) is 9.80 Å². The van der Waals surface area contributed by atoms with Crippen LogP contribution in [0.3, 0.4) is 0 Å². The van der Waals surface area contributed by atoms with Gasteiger partial charge in [0.05, 0.1) is 19.2 Å². The van der Waals surface area contributed by atoms with Gasteiger partial charge in [0, 0.05) is 31.5 Å². The van der Waals surface area contributed by atoms with E-state index in [2.05, 4.69) is 37.4 Å². The second kappa shape index (κ2) is 10.7. The Morgan fingerprint density at radius 2 is 2.03 bits per heavy atom. The predicted octanol–water partition coefficient (Wildman–Crippen LogP) is 4.20. The van der Waals surface area contributed by atoms with Crippen molar-refractivity contribution in [2.24, 2.45) is 0 Å². The molecule has 0 fully saturated rings. The summed E-state index contributed by atoms with van der Waals surface area (Å²) in [7, 11) is 1.62. The van der Waals surface area contributed by atoms with Gasteiger partial charge < -0.3 is 14.5 Å². The highest BCUT2D eigenvalue weighted by Crippen LogP contribution is 2.38. The molecule has 5 nitrogen and oxygen atoms in total. The lowest BCUT2D eigenvalue weighted by Crippen LogP contribution is -2.47. The molecule has 3 rings (SSSR count). The number of amides is 2. The summed E-state index contributed by atoms with van der Waals surface area (Å²) in [5, 5.41) is 2.11. The Morgan fingerprint density at radius 1 is 1.23 bits per heavy atom. The molecule has 1 aliphatic heterocycles. The molecular weight excluding hydrogens is 396 g/mol. The number of benzene rings is 1. The molecule has 0 radical (unpaired) electrons. The SMILES string of the molecule is CCCCC(=O)N(CCOC)CC(=O)N1CCc2sccc2[C@H]1c1ccccc1C. The second-order valence-corrected chi connectivity index (χ2v) is 8.81. The Balaban J connectivity index is 1.85. The number of nitrogens with zero attached hydrogens (tertiary/aromatic N) is 2. The molecule has 162 valence electrons. The van der Waals surface area contributed by atoms with Gasteiger partial charge in [0.1, 0.15) is 0 Å². The smallest absolute Gasteiger partial charge is 0.242 e. The third-order valence-corrected chi connectivity index (χ3v) is 6.75. The third-order valence-electron chi connectivity index (χ3n) is 5.76. The minimum Gasteiger partial charge on any atom is -0.383 e. The van der Waals surface area contributed by atoms with Crippen molar-refractivity contribution < 1.29 is 14.3 Å². The number of carbonyl (C=O) groups is 2. The molecule has 2 amide bonds. The summed E-state index contributed by atoms with van der Waals surface area (Å²) >= 11 is 1.76. The average Bonchev–Trinajstić information content (AvgIpc) is 3.23. The zero-order chi connectivity index (χ0) is 21.5. The topological polar surface area (TPSA) is 49.9 Å². The van der Waals surface area contributed by atoms with E-state index in [0.29, 0.717) is 26.1 Å². The van der Waals surface area contributed by atoms with Crippen molar-refractivity contribution in [2.45, 2.75) is 45.6 Å². The molecule has 1 aromatic heterocycles. The van der Waals surface area contributed by atoms with E-state index in [1.807, 2.05) is 17.0 Å². The molecule has 0 N–H and O–H groups in total. The summed E-state index contributed by atoms with van der Waals surface area (Å²) in [5.41, 5.74) is 3.55. The zero-order valence-corrected chi connectivity index (χ0v) is 19.0. The average molecular weight is 429 g/mol.